The van der Waals surface area contributed by atoms with Gasteiger partial charge in [-0.05, 0) is 38.5 Å². The predicted molar refractivity (Wildman–Crippen MR) is 110 cm³/mol. The minimum Gasteiger partial charge on any atom is -0.366 e. The second kappa shape index (κ2) is 7.53. The lowest BCUT2D eigenvalue weighted by Crippen LogP contribution is -2.46. The molecule has 0 amide bonds. The van der Waals surface area contributed by atoms with Gasteiger partial charge in [-0.3, -0.25) is 4.90 Å². The largest absolute Gasteiger partial charge is 0.366 e. The number of piperazine rings is 1. The van der Waals surface area contributed by atoms with Crippen LogP contribution < -0.4 is 4.90 Å². The first kappa shape index (κ1) is 17.7. The van der Waals surface area contributed by atoms with Crippen molar-refractivity contribution >= 4 is 5.69 Å². The minimum atomic E-state index is 0.877. The van der Waals surface area contributed by atoms with E-state index >= 15 is 0 Å². The Hall–Kier alpha value is -2.66. The zero-order chi connectivity index (χ0) is 18.8. The third kappa shape index (κ3) is 3.74. The molecule has 27 heavy (non-hydrogen) atoms. The lowest BCUT2D eigenvalue weighted by Gasteiger charge is -2.36. The van der Waals surface area contributed by atoms with E-state index < -0.39 is 0 Å². The summed E-state index contributed by atoms with van der Waals surface area (Å²) in [5, 5.41) is 4.75. The average Bonchev–Trinajstić information content (AvgIpc) is 2.98. The molecule has 0 N–H and O–H groups in total. The molecule has 0 saturated carbocycles. The van der Waals surface area contributed by atoms with Crippen molar-refractivity contribution in [3.63, 3.8) is 0 Å². The normalized spacial score (nSPS) is 15.3. The van der Waals surface area contributed by atoms with Gasteiger partial charge < -0.3 is 4.90 Å². The Balaban J connectivity index is 1.46. The summed E-state index contributed by atoms with van der Waals surface area (Å²) in [5.41, 5.74) is 6.23. The highest BCUT2D eigenvalue weighted by molar-refractivity contribution is 5.56. The highest BCUT2D eigenvalue weighted by Gasteiger charge is 2.23. The van der Waals surface area contributed by atoms with Crippen molar-refractivity contribution in [1.29, 1.82) is 0 Å². The van der Waals surface area contributed by atoms with Crippen molar-refractivity contribution in [3.8, 4) is 5.82 Å². The van der Waals surface area contributed by atoms with E-state index in [1.165, 1.54) is 22.5 Å². The van der Waals surface area contributed by atoms with Crippen LogP contribution in [0.25, 0.3) is 5.82 Å². The Morgan fingerprint density at radius 1 is 0.926 bits per heavy atom. The van der Waals surface area contributed by atoms with Crippen molar-refractivity contribution in [2.75, 3.05) is 31.1 Å². The molecule has 1 fully saturated rings. The van der Waals surface area contributed by atoms with Crippen molar-refractivity contribution < 1.29 is 0 Å². The molecule has 140 valence electrons. The summed E-state index contributed by atoms with van der Waals surface area (Å²) in [5.74, 6) is 0.877. The summed E-state index contributed by atoms with van der Waals surface area (Å²) in [6.45, 7) is 11.6. The Kier molecular flexibility index (Phi) is 4.94. The fraction of sp³-hybridized carbons (Fsp3) is 0.364. The van der Waals surface area contributed by atoms with Gasteiger partial charge in [-0.15, -0.1) is 0 Å². The topological polar surface area (TPSA) is 37.2 Å². The number of aromatic nitrogens is 3. The second-order valence-corrected chi connectivity index (χ2v) is 7.37. The number of anilines is 1. The second-order valence-electron chi connectivity index (χ2n) is 7.37. The van der Waals surface area contributed by atoms with Crippen LogP contribution in [0.5, 0.6) is 0 Å². The zero-order valence-corrected chi connectivity index (χ0v) is 16.4. The first-order chi connectivity index (χ1) is 13.1. The van der Waals surface area contributed by atoms with Gasteiger partial charge in [0.1, 0.15) is 0 Å². The van der Waals surface area contributed by atoms with Crippen LogP contribution in [0.2, 0.25) is 0 Å². The highest BCUT2D eigenvalue weighted by Crippen LogP contribution is 2.27. The van der Waals surface area contributed by atoms with Crippen LogP contribution in [0.1, 0.15) is 22.5 Å². The lowest BCUT2D eigenvalue weighted by atomic mass is 10.1. The molecule has 3 aromatic rings. The van der Waals surface area contributed by atoms with Crippen LogP contribution in [0, 0.1) is 20.8 Å². The zero-order valence-electron chi connectivity index (χ0n) is 16.4. The molecule has 0 atom stereocenters. The van der Waals surface area contributed by atoms with Crippen molar-refractivity contribution in [2.45, 2.75) is 27.3 Å². The third-order valence-corrected chi connectivity index (χ3v) is 5.30. The van der Waals surface area contributed by atoms with Crippen molar-refractivity contribution in [1.82, 2.24) is 19.7 Å². The Morgan fingerprint density at radius 3 is 2.44 bits per heavy atom. The molecule has 0 radical (unpaired) electrons. The fourth-order valence-electron chi connectivity index (χ4n) is 3.99. The van der Waals surface area contributed by atoms with Crippen LogP contribution >= 0.6 is 0 Å². The Bertz CT molecular complexity index is 908. The van der Waals surface area contributed by atoms with Gasteiger partial charge in [0.25, 0.3) is 0 Å². The number of rotatable bonds is 4. The van der Waals surface area contributed by atoms with Crippen LogP contribution in [0.3, 0.4) is 0 Å². The molecule has 1 aromatic carbocycles. The maximum Gasteiger partial charge on any atom is 0.153 e. The molecular weight excluding hydrogens is 334 g/mol. The van der Waals surface area contributed by atoms with E-state index in [0.29, 0.717) is 0 Å². The Morgan fingerprint density at radius 2 is 1.74 bits per heavy atom. The van der Waals surface area contributed by atoms with E-state index in [1.54, 1.807) is 0 Å². The molecule has 2 aromatic heterocycles. The van der Waals surface area contributed by atoms with Crippen molar-refractivity contribution in [2.24, 2.45) is 0 Å². The number of hydrogen-bond acceptors (Lipinski definition) is 4. The van der Waals surface area contributed by atoms with Gasteiger partial charge in [0.05, 0.1) is 17.1 Å². The van der Waals surface area contributed by atoms with Crippen molar-refractivity contribution in [3.05, 3.63) is 71.2 Å². The smallest absolute Gasteiger partial charge is 0.153 e. The van der Waals surface area contributed by atoms with Gasteiger partial charge in [-0.25, -0.2) is 9.67 Å². The molecule has 0 bridgehead atoms. The number of nitrogens with zero attached hydrogens (tertiary/aromatic N) is 5. The van der Waals surface area contributed by atoms with E-state index in [2.05, 4.69) is 59.8 Å². The molecule has 1 saturated heterocycles. The van der Waals surface area contributed by atoms with E-state index in [1.807, 2.05) is 29.1 Å². The maximum absolute atomic E-state index is 4.75. The van der Waals surface area contributed by atoms with E-state index in [0.717, 1.165) is 44.2 Å². The highest BCUT2D eigenvalue weighted by atomic mass is 15.4. The number of hydrogen-bond donors (Lipinski definition) is 0. The summed E-state index contributed by atoms with van der Waals surface area (Å²) in [6, 6.07) is 14.8. The van der Waals surface area contributed by atoms with Crippen LogP contribution in [0.15, 0.2) is 48.7 Å². The van der Waals surface area contributed by atoms with Gasteiger partial charge >= 0.3 is 0 Å². The van der Waals surface area contributed by atoms with E-state index in [-0.39, 0.29) is 0 Å². The average molecular weight is 361 g/mol. The van der Waals surface area contributed by atoms with E-state index in [4.69, 9.17) is 5.10 Å². The number of benzene rings is 1. The first-order valence-corrected chi connectivity index (χ1v) is 9.62. The number of pyridine rings is 1. The third-order valence-electron chi connectivity index (χ3n) is 5.30. The SMILES string of the molecule is Cc1cccc(CN2CCN(c3c(C)nn(-c4ccccn4)c3C)CC2)c1. The van der Waals surface area contributed by atoms with Gasteiger partial charge in [0.2, 0.25) is 0 Å². The van der Waals surface area contributed by atoms with E-state index in [9.17, 15) is 0 Å². The number of aryl methyl sites for hydroxylation is 2. The quantitative estimate of drug-likeness (QED) is 0.713. The maximum atomic E-state index is 4.75. The molecular formula is C22H27N5. The summed E-state index contributed by atoms with van der Waals surface area (Å²) in [6.07, 6.45) is 1.82. The molecule has 4 rings (SSSR count). The first-order valence-electron chi connectivity index (χ1n) is 9.62. The molecule has 0 spiro atoms. The molecule has 5 heteroatoms. The van der Waals surface area contributed by atoms with Gasteiger partial charge in [-0.2, -0.15) is 5.10 Å². The van der Waals surface area contributed by atoms with Gasteiger partial charge in [0, 0.05) is 38.9 Å². The monoisotopic (exact) mass is 361 g/mol. The van der Waals surface area contributed by atoms with Gasteiger partial charge in [0.15, 0.2) is 5.82 Å². The van der Waals surface area contributed by atoms with Crippen LogP contribution in [0.4, 0.5) is 5.69 Å². The lowest BCUT2D eigenvalue weighted by molar-refractivity contribution is 0.249. The molecule has 1 aliphatic heterocycles. The summed E-state index contributed by atoms with van der Waals surface area (Å²) >= 11 is 0. The molecule has 3 heterocycles. The van der Waals surface area contributed by atoms with Gasteiger partial charge in [-0.1, -0.05) is 35.9 Å². The Labute approximate surface area is 161 Å². The molecule has 0 aliphatic carbocycles. The van der Waals surface area contributed by atoms with Crippen LogP contribution in [-0.4, -0.2) is 45.8 Å². The predicted octanol–water partition coefficient (Wildman–Crippen LogP) is 3.51. The van der Waals surface area contributed by atoms with Crippen LogP contribution in [-0.2, 0) is 6.54 Å². The standard InChI is InChI=1S/C22H27N5/c1-17-7-6-8-20(15-17)16-25-11-13-26(14-12-25)22-18(2)24-27(19(22)3)21-9-4-5-10-23-21/h4-10,15H,11-14,16H2,1-3H3. The molecule has 0 unspecified atom stereocenters. The minimum absolute atomic E-state index is 0.877. The fourth-order valence-corrected chi connectivity index (χ4v) is 3.99. The molecule has 5 nitrogen and oxygen atoms in total. The summed E-state index contributed by atoms with van der Waals surface area (Å²) in [4.78, 5) is 9.47. The summed E-state index contributed by atoms with van der Waals surface area (Å²) < 4.78 is 1.96. The summed E-state index contributed by atoms with van der Waals surface area (Å²) in [7, 11) is 0. The molecule has 1 aliphatic rings.